The normalized spacial score (nSPS) is 14.0. The number of carbonyl (C=O) groups excluding carboxylic acids is 2. The molecule has 1 unspecified atom stereocenters. The molecular weight excluding hydrogens is 580 g/mol. The van der Waals surface area contributed by atoms with Gasteiger partial charge >= 0.3 is 5.97 Å². The third-order valence-electron chi connectivity index (χ3n) is 6.84. The van der Waals surface area contributed by atoms with Crippen LogP contribution in [0.1, 0.15) is 27.9 Å². The van der Waals surface area contributed by atoms with Crippen molar-refractivity contribution in [1.29, 1.82) is 0 Å². The number of benzene rings is 3. The van der Waals surface area contributed by atoms with Gasteiger partial charge in [-0.05, 0) is 54.4 Å². The van der Waals surface area contributed by atoms with Crippen LogP contribution in [0.15, 0.2) is 72.8 Å². The number of para-hydroxylation sites is 1. The van der Waals surface area contributed by atoms with Crippen LogP contribution in [0, 0.1) is 11.6 Å². The Labute approximate surface area is 251 Å². The lowest BCUT2D eigenvalue weighted by Crippen LogP contribution is -2.33. The molecule has 1 aromatic heterocycles. The second kappa shape index (κ2) is 13.6. The van der Waals surface area contributed by atoms with E-state index in [4.69, 9.17) is 25.8 Å². The Morgan fingerprint density at radius 3 is 2.58 bits per heavy atom. The molecule has 4 aromatic rings. The van der Waals surface area contributed by atoms with E-state index < -0.39 is 23.5 Å². The van der Waals surface area contributed by atoms with Gasteiger partial charge in [0, 0.05) is 35.4 Å². The molecule has 3 aromatic carbocycles. The molecule has 2 N–H and O–H groups in total. The number of ether oxygens (including phenoxy) is 3. The SMILES string of the molecule is COC(=O)c1cccc(NCC2CCO2)c1NC(=O)Cc1ccc(-c2cccc(OCc3ccc(Cl)cc3F)n2)c(F)c1. The monoisotopic (exact) mass is 607 g/mol. The first-order chi connectivity index (χ1) is 20.8. The van der Waals surface area contributed by atoms with E-state index in [1.165, 1.54) is 31.4 Å². The lowest BCUT2D eigenvalue weighted by atomic mass is 10.0. The maximum Gasteiger partial charge on any atom is 0.340 e. The van der Waals surface area contributed by atoms with E-state index in [0.717, 1.165) is 6.42 Å². The number of hydrogen-bond acceptors (Lipinski definition) is 7. The van der Waals surface area contributed by atoms with Gasteiger partial charge in [-0.25, -0.2) is 18.6 Å². The van der Waals surface area contributed by atoms with Gasteiger partial charge in [0.25, 0.3) is 0 Å². The fourth-order valence-corrected chi connectivity index (χ4v) is 4.62. The molecule has 1 saturated heterocycles. The number of amides is 1. The van der Waals surface area contributed by atoms with Crippen molar-refractivity contribution in [2.45, 2.75) is 25.6 Å². The molecule has 1 aliphatic rings. The maximum atomic E-state index is 15.2. The highest BCUT2D eigenvalue weighted by Gasteiger charge is 2.21. The number of carbonyl (C=O) groups is 2. The summed E-state index contributed by atoms with van der Waals surface area (Å²) in [5.41, 5.74) is 2.22. The first kappa shape index (κ1) is 29.9. The molecule has 0 saturated carbocycles. The predicted molar refractivity (Wildman–Crippen MR) is 158 cm³/mol. The molecule has 43 heavy (non-hydrogen) atoms. The number of aromatic nitrogens is 1. The van der Waals surface area contributed by atoms with Crippen LogP contribution in [0.5, 0.6) is 5.88 Å². The third-order valence-corrected chi connectivity index (χ3v) is 7.07. The Balaban J connectivity index is 1.27. The van der Waals surface area contributed by atoms with Crippen LogP contribution in [0.3, 0.4) is 0 Å². The van der Waals surface area contributed by atoms with E-state index in [2.05, 4.69) is 15.6 Å². The van der Waals surface area contributed by atoms with Crippen molar-refractivity contribution in [1.82, 2.24) is 4.98 Å². The van der Waals surface area contributed by atoms with Gasteiger partial charge in [-0.15, -0.1) is 0 Å². The van der Waals surface area contributed by atoms with E-state index in [0.29, 0.717) is 35.7 Å². The Morgan fingerprint density at radius 2 is 1.86 bits per heavy atom. The molecule has 0 bridgehead atoms. The van der Waals surface area contributed by atoms with Crippen molar-refractivity contribution >= 4 is 34.9 Å². The van der Waals surface area contributed by atoms with Gasteiger partial charge in [0.2, 0.25) is 11.8 Å². The number of halogens is 3. The fourth-order valence-electron chi connectivity index (χ4n) is 4.46. The number of rotatable bonds is 11. The average Bonchev–Trinajstić information content (AvgIpc) is 2.96. The van der Waals surface area contributed by atoms with Gasteiger partial charge in [0.1, 0.15) is 18.2 Å². The summed E-state index contributed by atoms with van der Waals surface area (Å²) in [6.45, 7) is 1.13. The Bertz CT molecular complexity index is 1650. The highest BCUT2D eigenvalue weighted by molar-refractivity contribution is 6.30. The van der Waals surface area contributed by atoms with Crippen molar-refractivity contribution in [2.75, 3.05) is 30.9 Å². The highest BCUT2D eigenvalue weighted by atomic mass is 35.5. The fraction of sp³-hybridized carbons (Fsp3) is 0.219. The summed E-state index contributed by atoms with van der Waals surface area (Å²) in [4.78, 5) is 29.8. The van der Waals surface area contributed by atoms with Gasteiger partial charge in [0.15, 0.2) is 0 Å². The van der Waals surface area contributed by atoms with Crippen LogP contribution < -0.4 is 15.4 Å². The molecule has 8 nitrogen and oxygen atoms in total. The molecule has 0 aliphatic carbocycles. The van der Waals surface area contributed by atoms with Crippen molar-refractivity contribution < 1.29 is 32.6 Å². The first-order valence-corrected chi connectivity index (χ1v) is 13.9. The summed E-state index contributed by atoms with van der Waals surface area (Å²) in [6.07, 6.45) is 0.824. The Hall–Kier alpha value is -4.54. The molecule has 1 fully saturated rings. The molecule has 2 heterocycles. The largest absolute Gasteiger partial charge is 0.473 e. The standard InChI is InChI=1S/C32H28ClF2N3O5/c1-41-32(40)24-4-2-6-28(36-17-22-12-13-42-22)31(24)38-29(39)15-19-8-11-23(26(35)14-19)27-5-3-7-30(37-27)43-18-20-9-10-21(33)16-25(20)34/h2-11,14,16,22,36H,12-13,15,17-18H2,1H3,(H,38,39). The van der Waals surface area contributed by atoms with Crippen LogP contribution in [0.4, 0.5) is 20.2 Å². The molecule has 11 heteroatoms. The average molecular weight is 608 g/mol. The van der Waals surface area contributed by atoms with Gasteiger partial charge in [0.05, 0.1) is 42.3 Å². The van der Waals surface area contributed by atoms with Crippen molar-refractivity contribution in [3.8, 4) is 17.1 Å². The maximum absolute atomic E-state index is 15.2. The van der Waals surface area contributed by atoms with Gasteiger partial charge < -0.3 is 24.8 Å². The zero-order valence-electron chi connectivity index (χ0n) is 23.2. The van der Waals surface area contributed by atoms with Crippen LogP contribution >= 0.6 is 11.6 Å². The number of methoxy groups -OCH3 is 1. The van der Waals surface area contributed by atoms with E-state index in [-0.39, 0.29) is 46.8 Å². The van der Waals surface area contributed by atoms with E-state index >= 15 is 4.39 Å². The van der Waals surface area contributed by atoms with Gasteiger partial charge in [-0.3, -0.25) is 4.79 Å². The van der Waals surface area contributed by atoms with E-state index in [9.17, 15) is 14.0 Å². The highest BCUT2D eigenvalue weighted by Crippen LogP contribution is 2.29. The predicted octanol–water partition coefficient (Wildman–Crippen LogP) is 6.43. The second-order valence-electron chi connectivity index (χ2n) is 9.81. The lowest BCUT2D eigenvalue weighted by Gasteiger charge is -2.27. The molecule has 1 aliphatic heterocycles. The van der Waals surface area contributed by atoms with Crippen LogP contribution in [-0.4, -0.2) is 43.2 Å². The summed E-state index contributed by atoms with van der Waals surface area (Å²) < 4.78 is 45.3. The molecule has 222 valence electrons. The van der Waals surface area contributed by atoms with Crippen molar-refractivity contribution in [3.05, 3.63) is 106 Å². The lowest BCUT2D eigenvalue weighted by molar-refractivity contribution is -0.115. The number of nitrogens with one attached hydrogen (secondary N) is 2. The third kappa shape index (κ3) is 7.46. The van der Waals surface area contributed by atoms with Crippen molar-refractivity contribution in [3.63, 3.8) is 0 Å². The molecule has 1 amide bonds. The number of esters is 1. The summed E-state index contributed by atoms with van der Waals surface area (Å²) in [5.74, 6) is -1.96. The van der Waals surface area contributed by atoms with Gasteiger partial charge in [-0.1, -0.05) is 35.9 Å². The Kier molecular flexibility index (Phi) is 9.48. The second-order valence-corrected chi connectivity index (χ2v) is 10.2. The van der Waals surface area contributed by atoms with Crippen molar-refractivity contribution in [2.24, 2.45) is 0 Å². The topological polar surface area (TPSA) is 98.8 Å². The summed E-state index contributed by atoms with van der Waals surface area (Å²) >= 11 is 5.80. The number of pyridine rings is 1. The van der Waals surface area contributed by atoms with Crippen LogP contribution in [0.2, 0.25) is 5.02 Å². The Morgan fingerprint density at radius 1 is 1.05 bits per heavy atom. The number of nitrogens with zero attached hydrogens (tertiary/aromatic N) is 1. The zero-order chi connectivity index (χ0) is 30.3. The molecule has 0 spiro atoms. The minimum absolute atomic E-state index is 0.0556. The molecular formula is C32H28ClF2N3O5. The number of anilines is 2. The van der Waals surface area contributed by atoms with Crippen LogP contribution in [-0.2, 0) is 27.3 Å². The molecule has 0 radical (unpaired) electrons. The van der Waals surface area contributed by atoms with E-state index in [1.54, 1.807) is 48.5 Å². The quantitative estimate of drug-likeness (QED) is 0.190. The smallest absolute Gasteiger partial charge is 0.340 e. The summed E-state index contributed by atoms with van der Waals surface area (Å²) in [5, 5.41) is 6.28. The zero-order valence-corrected chi connectivity index (χ0v) is 23.9. The summed E-state index contributed by atoms with van der Waals surface area (Å²) in [7, 11) is 1.26. The minimum Gasteiger partial charge on any atom is -0.473 e. The van der Waals surface area contributed by atoms with Gasteiger partial charge in [-0.2, -0.15) is 0 Å². The summed E-state index contributed by atoms with van der Waals surface area (Å²) in [6, 6.07) is 18.5. The molecule has 5 rings (SSSR count). The molecule has 1 atom stereocenters. The number of hydrogen-bond donors (Lipinski definition) is 2. The first-order valence-electron chi connectivity index (χ1n) is 13.5. The van der Waals surface area contributed by atoms with E-state index in [1.807, 2.05) is 0 Å². The van der Waals surface area contributed by atoms with Crippen LogP contribution in [0.25, 0.3) is 11.3 Å². The minimum atomic E-state index is -0.605.